The van der Waals surface area contributed by atoms with Gasteiger partial charge in [-0.1, -0.05) is 48.5 Å². The molecule has 2 N–H and O–H groups in total. The van der Waals surface area contributed by atoms with Crippen molar-refractivity contribution in [3.05, 3.63) is 71.5 Å². The number of aliphatic hydroxyl groups is 1. The van der Waals surface area contributed by atoms with Gasteiger partial charge in [0.25, 0.3) is 0 Å². The van der Waals surface area contributed by atoms with Gasteiger partial charge in [0.05, 0.1) is 6.61 Å². The lowest BCUT2D eigenvalue weighted by Gasteiger charge is -2.22. The zero-order chi connectivity index (χ0) is 14.4. The Hall–Kier alpha value is -1.71. The van der Waals surface area contributed by atoms with Gasteiger partial charge in [-0.2, -0.15) is 0 Å². The molecule has 0 saturated carbocycles. The summed E-state index contributed by atoms with van der Waals surface area (Å²) in [6.07, 6.45) is 0.718. The summed E-state index contributed by atoms with van der Waals surface area (Å²) in [5, 5.41) is 12.8. The predicted molar refractivity (Wildman–Crippen MR) is 79.0 cm³/mol. The second kappa shape index (κ2) is 7.17. The van der Waals surface area contributed by atoms with Gasteiger partial charge in [-0.3, -0.25) is 0 Å². The Morgan fingerprint density at radius 1 is 1.05 bits per heavy atom. The lowest BCUT2D eigenvalue weighted by atomic mass is 10.0. The summed E-state index contributed by atoms with van der Waals surface area (Å²) in [4.78, 5) is 0. The van der Waals surface area contributed by atoms with Crippen molar-refractivity contribution >= 4 is 0 Å². The normalized spacial score (nSPS) is 13.9. The number of hydrogen-bond donors (Lipinski definition) is 2. The molecule has 0 aliphatic rings. The molecule has 0 spiro atoms. The maximum atomic E-state index is 13.7. The number of hydrogen-bond acceptors (Lipinski definition) is 2. The van der Waals surface area contributed by atoms with Crippen molar-refractivity contribution in [1.82, 2.24) is 5.32 Å². The van der Waals surface area contributed by atoms with Gasteiger partial charge in [0, 0.05) is 17.6 Å². The largest absolute Gasteiger partial charge is 0.395 e. The second-order valence-corrected chi connectivity index (χ2v) is 4.98. The number of nitrogens with one attached hydrogen (secondary N) is 1. The second-order valence-electron chi connectivity index (χ2n) is 4.98. The molecule has 2 atom stereocenters. The van der Waals surface area contributed by atoms with Crippen LogP contribution in [0.2, 0.25) is 0 Å². The van der Waals surface area contributed by atoms with Gasteiger partial charge in [-0.05, 0) is 25.0 Å². The Balaban J connectivity index is 2.01. The molecule has 2 aromatic rings. The van der Waals surface area contributed by atoms with E-state index in [2.05, 4.69) is 5.32 Å². The highest BCUT2D eigenvalue weighted by Crippen LogP contribution is 2.17. The summed E-state index contributed by atoms with van der Waals surface area (Å²) in [5.74, 6) is -0.219. The lowest BCUT2D eigenvalue weighted by molar-refractivity contribution is 0.232. The Morgan fingerprint density at radius 2 is 1.70 bits per heavy atom. The quantitative estimate of drug-likeness (QED) is 0.847. The van der Waals surface area contributed by atoms with E-state index in [9.17, 15) is 9.50 Å². The lowest BCUT2D eigenvalue weighted by Crippen LogP contribution is -2.36. The van der Waals surface area contributed by atoms with E-state index < -0.39 is 0 Å². The summed E-state index contributed by atoms with van der Waals surface area (Å²) in [6, 6.07) is 16.5. The first-order valence-corrected chi connectivity index (χ1v) is 6.86. The van der Waals surface area contributed by atoms with Crippen LogP contribution in [0.3, 0.4) is 0 Å². The Kier molecular flexibility index (Phi) is 5.27. The molecular formula is C17H20FNO. The van der Waals surface area contributed by atoms with Crippen molar-refractivity contribution in [3.8, 4) is 0 Å². The minimum absolute atomic E-state index is 0.0215. The predicted octanol–water partition coefficient (Wildman–Crippen LogP) is 3.08. The summed E-state index contributed by atoms with van der Waals surface area (Å²) in [5.41, 5.74) is 1.78. The van der Waals surface area contributed by atoms with E-state index in [0.717, 1.165) is 12.0 Å². The standard InChI is InChI=1S/C17H20FNO/c1-13(16-9-5-6-10-17(16)18)19-15(12-20)11-14-7-3-2-4-8-14/h2-10,13,15,19-20H,11-12H2,1H3/t13?,15-/m1/s1. The third kappa shape index (κ3) is 3.89. The molecule has 106 valence electrons. The molecule has 0 saturated heterocycles. The Labute approximate surface area is 119 Å². The van der Waals surface area contributed by atoms with Gasteiger partial charge in [0.2, 0.25) is 0 Å². The van der Waals surface area contributed by atoms with E-state index in [1.165, 1.54) is 6.07 Å². The molecule has 0 aliphatic carbocycles. The van der Waals surface area contributed by atoms with Gasteiger partial charge in [-0.25, -0.2) is 4.39 Å². The highest BCUT2D eigenvalue weighted by atomic mass is 19.1. The smallest absolute Gasteiger partial charge is 0.127 e. The zero-order valence-electron chi connectivity index (χ0n) is 11.6. The minimum atomic E-state index is -0.219. The summed E-state index contributed by atoms with van der Waals surface area (Å²) in [6.45, 7) is 1.93. The molecule has 0 fully saturated rings. The van der Waals surface area contributed by atoms with Crippen LogP contribution in [-0.4, -0.2) is 17.8 Å². The number of rotatable bonds is 6. The van der Waals surface area contributed by atoms with Crippen molar-refractivity contribution < 1.29 is 9.50 Å². The first kappa shape index (κ1) is 14.7. The average Bonchev–Trinajstić information content (AvgIpc) is 2.48. The maximum absolute atomic E-state index is 13.7. The van der Waals surface area contributed by atoms with E-state index in [4.69, 9.17) is 0 Å². The summed E-state index contributed by atoms with van der Waals surface area (Å²) < 4.78 is 13.7. The van der Waals surface area contributed by atoms with Gasteiger partial charge in [-0.15, -0.1) is 0 Å². The number of aliphatic hydroxyl groups excluding tert-OH is 1. The van der Waals surface area contributed by atoms with Gasteiger partial charge < -0.3 is 10.4 Å². The van der Waals surface area contributed by atoms with Gasteiger partial charge in [0.15, 0.2) is 0 Å². The molecule has 0 aromatic heterocycles. The van der Waals surface area contributed by atoms with Crippen LogP contribution in [-0.2, 0) is 6.42 Å². The highest BCUT2D eigenvalue weighted by molar-refractivity contribution is 5.21. The highest BCUT2D eigenvalue weighted by Gasteiger charge is 2.15. The van der Waals surface area contributed by atoms with Crippen molar-refractivity contribution in [1.29, 1.82) is 0 Å². The van der Waals surface area contributed by atoms with Crippen LogP contribution in [0.4, 0.5) is 4.39 Å². The van der Waals surface area contributed by atoms with Crippen LogP contribution in [0, 0.1) is 5.82 Å². The van der Waals surface area contributed by atoms with Crippen molar-refractivity contribution in [2.75, 3.05) is 6.61 Å². The topological polar surface area (TPSA) is 32.3 Å². The van der Waals surface area contributed by atoms with Crippen LogP contribution in [0.15, 0.2) is 54.6 Å². The molecule has 0 radical (unpaired) electrons. The molecule has 1 unspecified atom stereocenters. The molecule has 0 aliphatic heterocycles. The molecule has 0 heterocycles. The van der Waals surface area contributed by atoms with Crippen molar-refractivity contribution in [2.45, 2.75) is 25.4 Å². The molecule has 2 aromatic carbocycles. The fourth-order valence-electron chi connectivity index (χ4n) is 2.34. The van der Waals surface area contributed by atoms with E-state index in [1.807, 2.05) is 43.3 Å². The van der Waals surface area contributed by atoms with Crippen molar-refractivity contribution in [2.24, 2.45) is 0 Å². The van der Waals surface area contributed by atoms with E-state index in [1.54, 1.807) is 12.1 Å². The van der Waals surface area contributed by atoms with Gasteiger partial charge in [0.1, 0.15) is 5.82 Å². The molecule has 20 heavy (non-hydrogen) atoms. The third-order valence-corrected chi connectivity index (χ3v) is 3.40. The monoisotopic (exact) mass is 273 g/mol. The SMILES string of the molecule is CC(N[C@@H](CO)Cc1ccccc1)c1ccccc1F. The minimum Gasteiger partial charge on any atom is -0.395 e. The average molecular weight is 273 g/mol. The first-order chi connectivity index (χ1) is 9.70. The van der Waals surface area contributed by atoms with Crippen molar-refractivity contribution in [3.63, 3.8) is 0 Å². The molecular weight excluding hydrogens is 253 g/mol. The van der Waals surface area contributed by atoms with E-state index in [0.29, 0.717) is 5.56 Å². The van der Waals surface area contributed by atoms with Crippen LogP contribution >= 0.6 is 0 Å². The third-order valence-electron chi connectivity index (χ3n) is 3.40. The molecule has 3 heteroatoms. The molecule has 2 nitrogen and oxygen atoms in total. The Bertz CT molecular complexity index is 530. The van der Waals surface area contributed by atoms with Gasteiger partial charge >= 0.3 is 0 Å². The number of benzene rings is 2. The van der Waals surface area contributed by atoms with Crippen LogP contribution in [0.25, 0.3) is 0 Å². The molecule has 2 rings (SSSR count). The van der Waals surface area contributed by atoms with E-state index >= 15 is 0 Å². The summed E-state index contributed by atoms with van der Waals surface area (Å²) >= 11 is 0. The first-order valence-electron chi connectivity index (χ1n) is 6.86. The summed E-state index contributed by atoms with van der Waals surface area (Å²) in [7, 11) is 0. The van der Waals surface area contributed by atoms with E-state index in [-0.39, 0.29) is 24.5 Å². The maximum Gasteiger partial charge on any atom is 0.127 e. The van der Waals surface area contributed by atoms with Crippen LogP contribution in [0.5, 0.6) is 0 Å². The molecule has 0 bridgehead atoms. The van der Waals surface area contributed by atoms with Crippen LogP contribution in [0.1, 0.15) is 24.1 Å². The fraction of sp³-hybridized carbons (Fsp3) is 0.294. The zero-order valence-corrected chi connectivity index (χ0v) is 11.6. The fourth-order valence-corrected chi connectivity index (χ4v) is 2.34. The van der Waals surface area contributed by atoms with Crippen LogP contribution < -0.4 is 5.32 Å². The number of halogens is 1. The Morgan fingerprint density at radius 3 is 2.35 bits per heavy atom. The molecule has 0 amide bonds.